The summed E-state index contributed by atoms with van der Waals surface area (Å²) in [6.07, 6.45) is 8.43. The summed E-state index contributed by atoms with van der Waals surface area (Å²) < 4.78 is 1.89. The maximum absolute atomic E-state index is 6.30. The van der Waals surface area contributed by atoms with Gasteiger partial charge in [0, 0.05) is 13.5 Å². The number of likely N-dealkylation sites (N-methyl/N-ethyl adjacent to an activating group) is 1. The van der Waals surface area contributed by atoms with Crippen LogP contribution in [0.25, 0.3) is 16.8 Å². The van der Waals surface area contributed by atoms with E-state index in [-0.39, 0.29) is 11.6 Å². The molecule has 5 rings (SSSR count). The summed E-state index contributed by atoms with van der Waals surface area (Å²) in [5.41, 5.74) is 2.04. The molecule has 2 heterocycles. The predicted octanol–water partition coefficient (Wildman–Crippen LogP) is 4.68. The minimum atomic E-state index is -0.344. The molecule has 5 heteroatoms. The molecule has 0 aliphatic carbocycles. The van der Waals surface area contributed by atoms with Gasteiger partial charge in [0.05, 0.1) is 18.2 Å². The van der Waals surface area contributed by atoms with Crippen LogP contribution >= 0.6 is 0 Å². The summed E-state index contributed by atoms with van der Waals surface area (Å²) in [6, 6.07) is 25.4. The number of hydroxylamine groups is 2. The zero-order valence-corrected chi connectivity index (χ0v) is 16.9. The Morgan fingerprint density at radius 3 is 2.63 bits per heavy atom. The SMILES string of the molecule is CN1OC(/C=C/c2ccccc2)CC1(Cn1cncn1)c1ccc2ccccc2c1. The number of rotatable bonds is 5. The van der Waals surface area contributed by atoms with Crippen molar-refractivity contribution in [2.75, 3.05) is 7.05 Å². The van der Waals surface area contributed by atoms with Gasteiger partial charge in [-0.2, -0.15) is 10.2 Å². The molecule has 1 aliphatic rings. The number of benzene rings is 3. The van der Waals surface area contributed by atoms with Crippen molar-refractivity contribution in [1.29, 1.82) is 0 Å². The highest BCUT2D eigenvalue weighted by molar-refractivity contribution is 5.83. The highest BCUT2D eigenvalue weighted by atomic mass is 16.7. The fourth-order valence-electron chi connectivity index (χ4n) is 4.30. The van der Waals surface area contributed by atoms with E-state index in [1.807, 2.05) is 35.0 Å². The van der Waals surface area contributed by atoms with Crippen LogP contribution < -0.4 is 0 Å². The van der Waals surface area contributed by atoms with Crippen molar-refractivity contribution in [1.82, 2.24) is 19.8 Å². The summed E-state index contributed by atoms with van der Waals surface area (Å²) in [5, 5.41) is 8.83. The fraction of sp³-hybridized carbons (Fsp3) is 0.200. The molecule has 0 bridgehead atoms. The molecule has 0 spiro atoms. The summed E-state index contributed by atoms with van der Waals surface area (Å²) >= 11 is 0. The van der Waals surface area contributed by atoms with Gasteiger partial charge >= 0.3 is 0 Å². The third-order valence-electron chi connectivity index (χ3n) is 5.92. The Kier molecular flexibility index (Phi) is 4.91. The van der Waals surface area contributed by atoms with E-state index < -0.39 is 0 Å². The van der Waals surface area contributed by atoms with Crippen LogP contribution in [0.2, 0.25) is 0 Å². The maximum atomic E-state index is 6.30. The number of aromatic nitrogens is 3. The van der Waals surface area contributed by atoms with Crippen LogP contribution in [0.4, 0.5) is 0 Å². The maximum Gasteiger partial charge on any atom is 0.137 e. The molecule has 30 heavy (non-hydrogen) atoms. The van der Waals surface area contributed by atoms with Crippen molar-refractivity contribution < 1.29 is 4.84 Å². The van der Waals surface area contributed by atoms with E-state index in [9.17, 15) is 0 Å². The van der Waals surface area contributed by atoms with Crippen LogP contribution in [0, 0.1) is 0 Å². The zero-order valence-electron chi connectivity index (χ0n) is 16.9. The lowest BCUT2D eigenvalue weighted by Crippen LogP contribution is -2.42. The van der Waals surface area contributed by atoms with Crippen LogP contribution in [0.15, 0.2) is 91.5 Å². The Bertz CT molecular complexity index is 1160. The van der Waals surface area contributed by atoms with Gasteiger partial charge in [0.1, 0.15) is 12.7 Å². The van der Waals surface area contributed by atoms with Gasteiger partial charge in [-0.3, -0.25) is 9.52 Å². The molecule has 150 valence electrons. The number of nitrogens with zero attached hydrogens (tertiary/aromatic N) is 4. The first-order valence-electron chi connectivity index (χ1n) is 10.2. The molecular weight excluding hydrogens is 372 g/mol. The third kappa shape index (κ3) is 3.54. The van der Waals surface area contributed by atoms with E-state index in [1.54, 1.807) is 12.7 Å². The molecule has 1 aliphatic heterocycles. The van der Waals surface area contributed by atoms with Crippen molar-refractivity contribution in [2.45, 2.75) is 24.6 Å². The Labute approximate surface area is 176 Å². The average molecular weight is 396 g/mol. The first-order chi connectivity index (χ1) is 14.7. The van der Waals surface area contributed by atoms with Crippen molar-refractivity contribution in [3.8, 4) is 0 Å². The molecule has 0 saturated carbocycles. The number of hydrogen-bond acceptors (Lipinski definition) is 4. The van der Waals surface area contributed by atoms with E-state index in [2.05, 4.69) is 76.8 Å². The van der Waals surface area contributed by atoms with E-state index in [1.165, 1.54) is 21.9 Å². The molecule has 3 aromatic carbocycles. The molecule has 1 aromatic heterocycles. The first-order valence-corrected chi connectivity index (χ1v) is 10.2. The monoisotopic (exact) mass is 396 g/mol. The molecule has 1 fully saturated rings. The van der Waals surface area contributed by atoms with E-state index >= 15 is 0 Å². The van der Waals surface area contributed by atoms with Gasteiger partial charge in [-0.15, -0.1) is 0 Å². The normalized spacial score (nSPS) is 22.2. The highest BCUT2D eigenvalue weighted by Crippen LogP contribution is 2.42. The van der Waals surface area contributed by atoms with Gasteiger partial charge in [0.25, 0.3) is 0 Å². The highest BCUT2D eigenvalue weighted by Gasteiger charge is 2.46. The summed E-state index contributed by atoms with van der Waals surface area (Å²) in [6.45, 7) is 0.664. The Morgan fingerprint density at radius 1 is 1.03 bits per heavy atom. The third-order valence-corrected chi connectivity index (χ3v) is 5.92. The predicted molar refractivity (Wildman–Crippen MR) is 118 cm³/mol. The molecule has 1 saturated heterocycles. The van der Waals surface area contributed by atoms with Crippen molar-refractivity contribution >= 4 is 16.8 Å². The lowest BCUT2D eigenvalue weighted by molar-refractivity contribution is -0.165. The van der Waals surface area contributed by atoms with E-state index in [0.29, 0.717) is 6.54 Å². The van der Waals surface area contributed by atoms with Crippen LogP contribution in [-0.4, -0.2) is 33.0 Å². The summed E-state index contributed by atoms with van der Waals surface area (Å²) in [7, 11) is 2.02. The second-order valence-corrected chi connectivity index (χ2v) is 7.80. The van der Waals surface area contributed by atoms with Crippen molar-refractivity contribution in [3.05, 3.63) is 103 Å². The quantitative estimate of drug-likeness (QED) is 0.491. The second-order valence-electron chi connectivity index (χ2n) is 7.80. The molecule has 0 N–H and O–H groups in total. The minimum Gasteiger partial charge on any atom is -0.291 e. The van der Waals surface area contributed by atoms with Crippen LogP contribution in [0.1, 0.15) is 17.5 Å². The molecule has 2 unspecified atom stereocenters. The topological polar surface area (TPSA) is 43.2 Å². The van der Waals surface area contributed by atoms with Crippen LogP contribution in [0.3, 0.4) is 0 Å². The smallest absolute Gasteiger partial charge is 0.137 e. The van der Waals surface area contributed by atoms with Crippen molar-refractivity contribution in [2.24, 2.45) is 0 Å². The minimum absolute atomic E-state index is 0.0230. The standard InChI is InChI=1S/C25H24N4O/c1-28-25(17-29-19-26-18-27-29,23-13-12-21-9-5-6-10-22(21)15-23)16-24(30-28)14-11-20-7-3-2-4-8-20/h2-15,18-19,24H,16-17H2,1H3/b14-11+. The molecule has 0 radical (unpaired) electrons. The molecule has 4 aromatic rings. The van der Waals surface area contributed by atoms with Crippen LogP contribution in [-0.2, 0) is 16.9 Å². The number of hydrogen-bond donors (Lipinski definition) is 0. The number of fused-ring (bicyclic) bond motifs is 1. The van der Waals surface area contributed by atoms with Crippen molar-refractivity contribution in [3.63, 3.8) is 0 Å². The Hall–Kier alpha value is -3.28. The van der Waals surface area contributed by atoms with E-state index in [4.69, 9.17) is 4.84 Å². The average Bonchev–Trinajstić information content (AvgIpc) is 3.41. The fourth-order valence-corrected chi connectivity index (χ4v) is 4.30. The van der Waals surface area contributed by atoms with Gasteiger partial charge in [-0.1, -0.05) is 78.9 Å². The van der Waals surface area contributed by atoms with Crippen LogP contribution in [0.5, 0.6) is 0 Å². The second kappa shape index (κ2) is 7.86. The molecule has 0 amide bonds. The van der Waals surface area contributed by atoms with Gasteiger partial charge in [-0.25, -0.2) is 4.98 Å². The Morgan fingerprint density at radius 2 is 1.83 bits per heavy atom. The molecule has 5 nitrogen and oxygen atoms in total. The molecular formula is C25H24N4O. The van der Waals surface area contributed by atoms with E-state index in [0.717, 1.165) is 6.42 Å². The largest absolute Gasteiger partial charge is 0.291 e. The summed E-state index contributed by atoms with van der Waals surface area (Å²) in [4.78, 5) is 10.4. The van der Waals surface area contributed by atoms with Gasteiger partial charge < -0.3 is 0 Å². The lowest BCUT2D eigenvalue weighted by Gasteiger charge is -2.34. The van der Waals surface area contributed by atoms with Gasteiger partial charge in [0.2, 0.25) is 0 Å². The first kappa shape index (κ1) is 18.7. The van der Waals surface area contributed by atoms with Gasteiger partial charge in [-0.05, 0) is 28.0 Å². The zero-order chi connectivity index (χ0) is 20.4. The summed E-state index contributed by atoms with van der Waals surface area (Å²) in [5.74, 6) is 0. The Balaban J connectivity index is 1.52. The molecule has 2 atom stereocenters. The van der Waals surface area contributed by atoms with Gasteiger partial charge in [0.15, 0.2) is 0 Å². The lowest BCUT2D eigenvalue weighted by atomic mass is 9.84.